The molecule has 1 aromatic carbocycles. The van der Waals surface area contributed by atoms with Gasteiger partial charge in [-0.3, -0.25) is 9.59 Å². The van der Waals surface area contributed by atoms with E-state index in [4.69, 9.17) is 0 Å². The number of H-pyrrole nitrogens is 1. The van der Waals surface area contributed by atoms with E-state index in [9.17, 15) is 14.0 Å². The number of anilines is 1. The van der Waals surface area contributed by atoms with Gasteiger partial charge in [-0.15, -0.1) is 0 Å². The summed E-state index contributed by atoms with van der Waals surface area (Å²) in [6.45, 7) is 4.53. The largest absolute Gasteiger partial charge is 0.323 e. The van der Waals surface area contributed by atoms with E-state index in [0.717, 1.165) is 23.4 Å². The molecule has 0 saturated heterocycles. The number of halogens is 1. The highest BCUT2D eigenvalue weighted by Gasteiger charge is 2.36. The standard InChI is InChI=1S/C17H17FN2O2/c1-17(2)9-20(10-21)14-8-12(16(22)19-15(14)17)7-11-3-5-13(18)6-4-11/h3-6,8,10H,7,9H2,1-2H3,(H,19,22). The van der Waals surface area contributed by atoms with Gasteiger partial charge in [0.2, 0.25) is 6.41 Å². The highest BCUT2D eigenvalue weighted by atomic mass is 19.1. The first-order valence-corrected chi connectivity index (χ1v) is 7.14. The van der Waals surface area contributed by atoms with Gasteiger partial charge in [-0.1, -0.05) is 26.0 Å². The van der Waals surface area contributed by atoms with Crippen molar-refractivity contribution in [3.05, 3.63) is 63.3 Å². The molecule has 3 rings (SSSR count). The van der Waals surface area contributed by atoms with E-state index in [-0.39, 0.29) is 16.8 Å². The second kappa shape index (κ2) is 5.09. The van der Waals surface area contributed by atoms with Crippen LogP contribution < -0.4 is 10.5 Å². The number of pyridine rings is 1. The molecule has 1 N–H and O–H groups in total. The topological polar surface area (TPSA) is 53.2 Å². The normalized spacial score (nSPS) is 15.7. The molecule has 0 unspecified atom stereocenters. The average molecular weight is 300 g/mol. The van der Waals surface area contributed by atoms with Crippen molar-refractivity contribution in [2.75, 3.05) is 11.4 Å². The van der Waals surface area contributed by atoms with Gasteiger partial charge < -0.3 is 9.88 Å². The van der Waals surface area contributed by atoms with Crippen molar-refractivity contribution in [1.82, 2.24) is 4.98 Å². The summed E-state index contributed by atoms with van der Waals surface area (Å²) in [6, 6.07) is 7.82. The molecular formula is C17H17FN2O2. The number of rotatable bonds is 3. The van der Waals surface area contributed by atoms with E-state index < -0.39 is 0 Å². The van der Waals surface area contributed by atoms with Crippen LogP contribution in [0.25, 0.3) is 0 Å². The molecule has 5 heteroatoms. The quantitative estimate of drug-likeness (QED) is 0.885. The number of aromatic amines is 1. The molecule has 0 fully saturated rings. The zero-order chi connectivity index (χ0) is 15.9. The molecule has 2 heterocycles. The highest BCUT2D eigenvalue weighted by Crippen LogP contribution is 2.37. The molecule has 22 heavy (non-hydrogen) atoms. The second-order valence-corrected chi connectivity index (χ2v) is 6.30. The summed E-state index contributed by atoms with van der Waals surface area (Å²) in [6.07, 6.45) is 1.18. The Hall–Kier alpha value is -2.43. The van der Waals surface area contributed by atoms with Gasteiger partial charge in [-0.25, -0.2) is 4.39 Å². The van der Waals surface area contributed by atoms with Crippen LogP contribution in [-0.2, 0) is 16.6 Å². The number of hydrogen-bond acceptors (Lipinski definition) is 2. The first kappa shape index (κ1) is 14.5. The van der Waals surface area contributed by atoms with Gasteiger partial charge in [0.25, 0.3) is 5.56 Å². The maximum Gasteiger partial charge on any atom is 0.251 e. The molecular weight excluding hydrogens is 283 g/mol. The Bertz CT molecular complexity index is 778. The minimum Gasteiger partial charge on any atom is -0.323 e. The van der Waals surface area contributed by atoms with Crippen molar-refractivity contribution in [3.8, 4) is 0 Å². The van der Waals surface area contributed by atoms with Crippen LogP contribution in [0.4, 0.5) is 10.1 Å². The summed E-state index contributed by atoms with van der Waals surface area (Å²) in [5, 5.41) is 0. The summed E-state index contributed by atoms with van der Waals surface area (Å²) in [5.41, 5.74) is 2.51. The molecule has 2 aromatic rings. The van der Waals surface area contributed by atoms with Crippen molar-refractivity contribution >= 4 is 12.1 Å². The number of nitrogens with one attached hydrogen (secondary N) is 1. The Kier molecular flexibility index (Phi) is 3.35. The van der Waals surface area contributed by atoms with E-state index >= 15 is 0 Å². The number of aromatic nitrogens is 1. The molecule has 0 radical (unpaired) electrons. The van der Waals surface area contributed by atoms with Crippen LogP contribution in [0.2, 0.25) is 0 Å². The lowest BCUT2D eigenvalue weighted by molar-refractivity contribution is -0.107. The van der Waals surface area contributed by atoms with Crippen LogP contribution in [0, 0.1) is 5.82 Å². The molecule has 114 valence electrons. The fourth-order valence-electron chi connectivity index (χ4n) is 2.94. The third kappa shape index (κ3) is 2.43. The molecule has 1 aliphatic heterocycles. The molecule has 0 saturated carbocycles. The van der Waals surface area contributed by atoms with Crippen LogP contribution in [0.3, 0.4) is 0 Å². The van der Waals surface area contributed by atoms with Crippen molar-refractivity contribution in [2.24, 2.45) is 0 Å². The van der Waals surface area contributed by atoms with Crippen LogP contribution in [0.5, 0.6) is 0 Å². The second-order valence-electron chi connectivity index (χ2n) is 6.30. The minimum absolute atomic E-state index is 0.163. The third-order valence-electron chi connectivity index (χ3n) is 4.08. The van der Waals surface area contributed by atoms with Crippen molar-refractivity contribution in [1.29, 1.82) is 0 Å². The number of carbonyl (C=O) groups excluding carboxylic acids is 1. The smallest absolute Gasteiger partial charge is 0.251 e. The van der Waals surface area contributed by atoms with E-state index in [1.165, 1.54) is 12.1 Å². The van der Waals surface area contributed by atoms with Crippen LogP contribution >= 0.6 is 0 Å². The lowest BCUT2D eigenvalue weighted by atomic mass is 9.91. The SMILES string of the molecule is CC1(C)CN(C=O)c2cc(Cc3ccc(F)cc3)c(=O)[nH]c21. The van der Waals surface area contributed by atoms with Gasteiger partial charge in [0, 0.05) is 29.6 Å². The first-order chi connectivity index (χ1) is 10.4. The zero-order valence-electron chi connectivity index (χ0n) is 12.5. The van der Waals surface area contributed by atoms with Crippen molar-refractivity contribution in [3.63, 3.8) is 0 Å². The lowest BCUT2D eigenvalue weighted by Gasteiger charge is -2.17. The summed E-state index contributed by atoms with van der Waals surface area (Å²) in [4.78, 5) is 28.1. The van der Waals surface area contributed by atoms with Gasteiger partial charge >= 0.3 is 0 Å². The Labute approximate surface area is 127 Å². The van der Waals surface area contributed by atoms with Gasteiger partial charge in [-0.05, 0) is 23.8 Å². The molecule has 1 amide bonds. The van der Waals surface area contributed by atoms with Crippen LogP contribution in [0.15, 0.2) is 35.1 Å². The van der Waals surface area contributed by atoms with E-state index in [1.807, 2.05) is 13.8 Å². The maximum absolute atomic E-state index is 13.0. The minimum atomic E-state index is -0.305. The van der Waals surface area contributed by atoms with Gasteiger partial charge in [0.1, 0.15) is 5.82 Å². The number of amides is 1. The predicted molar refractivity (Wildman–Crippen MR) is 82.7 cm³/mol. The lowest BCUT2D eigenvalue weighted by Crippen LogP contribution is -2.27. The fraction of sp³-hybridized carbons (Fsp3) is 0.294. The zero-order valence-corrected chi connectivity index (χ0v) is 12.5. The van der Waals surface area contributed by atoms with Gasteiger partial charge in [0.15, 0.2) is 0 Å². The predicted octanol–water partition coefficient (Wildman–Crippen LogP) is 2.36. The Morgan fingerprint density at radius 3 is 2.64 bits per heavy atom. The van der Waals surface area contributed by atoms with Crippen LogP contribution in [-0.4, -0.2) is 17.9 Å². The number of fused-ring (bicyclic) bond motifs is 1. The summed E-state index contributed by atoms with van der Waals surface area (Å²) >= 11 is 0. The molecule has 4 nitrogen and oxygen atoms in total. The fourth-order valence-corrected chi connectivity index (χ4v) is 2.94. The molecule has 1 aliphatic rings. The van der Waals surface area contributed by atoms with E-state index in [2.05, 4.69) is 4.98 Å². The third-order valence-corrected chi connectivity index (χ3v) is 4.08. The van der Waals surface area contributed by atoms with E-state index in [0.29, 0.717) is 18.5 Å². The average Bonchev–Trinajstić information content (AvgIpc) is 2.73. The summed E-state index contributed by atoms with van der Waals surface area (Å²) < 4.78 is 13.0. The van der Waals surface area contributed by atoms with E-state index in [1.54, 1.807) is 23.1 Å². The number of carbonyl (C=O) groups is 1. The Morgan fingerprint density at radius 1 is 1.32 bits per heavy atom. The Morgan fingerprint density at radius 2 is 2.00 bits per heavy atom. The van der Waals surface area contributed by atoms with Gasteiger partial charge in [0.05, 0.1) is 5.69 Å². The summed E-state index contributed by atoms with van der Waals surface area (Å²) in [5.74, 6) is -0.305. The molecule has 0 spiro atoms. The Balaban J connectivity index is 2.02. The monoisotopic (exact) mass is 300 g/mol. The number of benzene rings is 1. The maximum atomic E-state index is 13.0. The van der Waals surface area contributed by atoms with Crippen molar-refractivity contribution in [2.45, 2.75) is 25.7 Å². The molecule has 0 bridgehead atoms. The number of nitrogens with zero attached hydrogens (tertiary/aromatic N) is 1. The van der Waals surface area contributed by atoms with Crippen molar-refractivity contribution < 1.29 is 9.18 Å². The summed E-state index contributed by atoms with van der Waals surface area (Å²) in [7, 11) is 0. The van der Waals surface area contributed by atoms with Gasteiger partial charge in [-0.2, -0.15) is 0 Å². The molecule has 0 aliphatic carbocycles. The van der Waals surface area contributed by atoms with Crippen LogP contribution in [0.1, 0.15) is 30.7 Å². The molecule has 0 atom stereocenters. The number of hydrogen-bond donors (Lipinski definition) is 1. The highest BCUT2D eigenvalue weighted by molar-refractivity contribution is 5.80. The molecule has 1 aromatic heterocycles. The first-order valence-electron chi connectivity index (χ1n) is 7.14.